The molecule has 1 unspecified atom stereocenters. The Kier molecular flexibility index (Phi) is 11.2. The van der Waals surface area contributed by atoms with Gasteiger partial charge in [-0.05, 0) is 26.9 Å². The molecule has 1 N–H and O–H groups in total. The molecule has 0 aromatic rings. The number of carboxylic acid groups (broad SMARTS) is 1. The summed E-state index contributed by atoms with van der Waals surface area (Å²) in [4.78, 5) is 12.7. The van der Waals surface area contributed by atoms with E-state index in [1.54, 1.807) is 13.0 Å². The molecule has 90 valence electrons. The number of rotatable bonds is 5. The summed E-state index contributed by atoms with van der Waals surface area (Å²) in [6.45, 7) is 9.68. The van der Waals surface area contributed by atoms with Gasteiger partial charge in [-0.1, -0.05) is 19.9 Å². The van der Waals surface area contributed by atoms with Crippen LogP contribution in [0.1, 0.15) is 27.7 Å². The Hall–Kier alpha value is -0.540. The fourth-order valence-electron chi connectivity index (χ4n) is 1.34. The zero-order valence-corrected chi connectivity index (χ0v) is 11.0. The molecule has 0 aliphatic heterocycles. The normalized spacial score (nSPS) is 13.1. The second-order valence-electron chi connectivity index (χ2n) is 3.12. The highest BCUT2D eigenvalue weighted by Gasteiger charge is 2.09. The van der Waals surface area contributed by atoms with Crippen LogP contribution in [0.2, 0.25) is 0 Å². The van der Waals surface area contributed by atoms with Crippen molar-refractivity contribution >= 4 is 17.6 Å². The third-order valence-electron chi connectivity index (χ3n) is 2.22. The summed E-state index contributed by atoms with van der Waals surface area (Å²) in [5.74, 6) is -0.834. The quantitative estimate of drug-likeness (QED) is 0.588. The van der Waals surface area contributed by atoms with Crippen molar-refractivity contribution in [3.8, 4) is 0 Å². The summed E-state index contributed by atoms with van der Waals surface area (Å²) in [7, 11) is 0. The van der Waals surface area contributed by atoms with Gasteiger partial charge in [0.25, 0.3) is 0 Å². The zero-order chi connectivity index (χ0) is 12.4. The maximum absolute atomic E-state index is 10.5. The molecule has 0 aliphatic carbocycles. The van der Waals surface area contributed by atoms with Crippen molar-refractivity contribution in [3.63, 3.8) is 0 Å². The molecule has 15 heavy (non-hydrogen) atoms. The van der Waals surface area contributed by atoms with E-state index in [1.807, 2.05) is 6.92 Å². The summed E-state index contributed by atoms with van der Waals surface area (Å²) < 4.78 is 0. The molecule has 0 aliphatic rings. The van der Waals surface area contributed by atoms with E-state index < -0.39 is 5.97 Å². The molecular weight excluding hydrogens is 214 g/mol. The molecule has 0 radical (unpaired) electrons. The van der Waals surface area contributed by atoms with Gasteiger partial charge in [0.05, 0.1) is 0 Å². The summed E-state index contributed by atoms with van der Waals surface area (Å²) in [5, 5.41) is 8.67. The lowest BCUT2D eigenvalue weighted by Crippen LogP contribution is -2.31. The van der Waals surface area contributed by atoms with Crippen molar-refractivity contribution in [3.05, 3.63) is 11.6 Å². The van der Waals surface area contributed by atoms with Gasteiger partial charge in [0.2, 0.25) is 0 Å². The molecule has 0 bridgehead atoms. The average molecular weight is 236 g/mol. The molecular formula is C11H22ClNO2. The van der Waals surface area contributed by atoms with E-state index in [2.05, 4.69) is 30.3 Å². The Morgan fingerprint density at radius 2 is 1.80 bits per heavy atom. The second kappa shape index (κ2) is 9.99. The molecule has 0 spiro atoms. The number of likely N-dealkylation sites (N-methyl/N-ethyl adjacent to an activating group) is 1. The maximum atomic E-state index is 10.5. The molecule has 3 nitrogen and oxygen atoms in total. The summed E-state index contributed by atoms with van der Waals surface area (Å²) in [6.07, 6.45) is 3.26. The lowest BCUT2D eigenvalue weighted by atomic mass is 10.2. The molecule has 0 aromatic heterocycles. The first kappa shape index (κ1) is 16.9. The molecule has 0 amide bonds. The van der Waals surface area contributed by atoms with Gasteiger partial charge in [-0.15, -0.1) is 11.6 Å². The van der Waals surface area contributed by atoms with E-state index in [4.69, 9.17) is 5.11 Å². The fourth-order valence-corrected chi connectivity index (χ4v) is 1.34. The van der Waals surface area contributed by atoms with Crippen LogP contribution < -0.4 is 0 Å². The predicted molar refractivity (Wildman–Crippen MR) is 65.6 cm³/mol. The minimum absolute atomic E-state index is 0.200. The largest absolute Gasteiger partial charge is 0.478 e. The highest BCUT2D eigenvalue weighted by molar-refractivity contribution is 6.15. The van der Waals surface area contributed by atoms with Crippen molar-refractivity contribution in [2.45, 2.75) is 33.7 Å². The van der Waals surface area contributed by atoms with Crippen molar-refractivity contribution in [2.24, 2.45) is 0 Å². The Morgan fingerprint density at radius 1 is 1.40 bits per heavy atom. The van der Waals surface area contributed by atoms with Gasteiger partial charge < -0.3 is 5.11 Å². The molecule has 4 heteroatoms. The van der Waals surface area contributed by atoms with E-state index in [0.29, 0.717) is 5.57 Å². The molecule has 0 rings (SSSR count). The smallest absolute Gasteiger partial charge is 0.331 e. The Bertz CT molecular complexity index is 201. The number of carbonyl (C=O) groups is 1. The van der Waals surface area contributed by atoms with Crippen LogP contribution in [0.5, 0.6) is 0 Å². The summed E-state index contributed by atoms with van der Waals surface area (Å²) in [6, 6.07) is 0.200. The van der Waals surface area contributed by atoms with Crippen LogP contribution in [0.3, 0.4) is 0 Å². The van der Waals surface area contributed by atoms with Crippen LogP contribution >= 0.6 is 11.6 Å². The van der Waals surface area contributed by atoms with Crippen LogP contribution in [-0.2, 0) is 4.79 Å². The lowest BCUT2D eigenvalue weighted by Gasteiger charge is -2.23. The van der Waals surface area contributed by atoms with E-state index in [1.165, 1.54) is 6.38 Å². The molecule has 0 aromatic carbocycles. The molecule has 0 heterocycles. The van der Waals surface area contributed by atoms with Crippen molar-refractivity contribution in [1.82, 2.24) is 4.90 Å². The Balaban J connectivity index is 0. The van der Waals surface area contributed by atoms with Gasteiger partial charge >= 0.3 is 5.97 Å². The van der Waals surface area contributed by atoms with Crippen LogP contribution in [-0.4, -0.2) is 41.5 Å². The number of alkyl halides is 1. The van der Waals surface area contributed by atoms with E-state index in [-0.39, 0.29) is 6.04 Å². The van der Waals surface area contributed by atoms with Crippen molar-refractivity contribution < 1.29 is 9.90 Å². The van der Waals surface area contributed by atoms with Gasteiger partial charge in [0.15, 0.2) is 0 Å². The van der Waals surface area contributed by atoms with Crippen molar-refractivity contribution in [2.75, 3.05) is 19.5 Å². The fraction of sp³-hybridized carbons (Fsp3) is 0.727. The summed E-state index contributed by atoms with van der Waals surface area (Å²) >= 11 is 4.64. The number of nitrogens with zero attached hydrogens (tertiary/aromatic N) is 1. The SMILES string of the molecule is CCN(CC)C(C)C=C(C)C(=O)O.CCl. The minimum Gasteiger partial charge on any atom is -0.478 e. The summed E-state index contributed by atoms with van der Waals surface area (Å²) in [5.41, 5.74) is 0.416. The van der Waals surface area contributed by atoms with Gasteiger partial charge in [-0.2, -0.15) is 0 Å². The third-order valence-corrected chi connectivity index (χ3v) is 2.22. The van der Waals surface area contributed by atoms with E-state index in [9.17, 15) is 4.79 Å². The zero-order valence-electron chi connectivity index (χ0n) is 10.2. The standard InChI is InChI=1S/C10H19NO2.CH3Cl/c1-5-11(6-2)9(4)7-8(3)10(12)13;1-2/h7,9H,5-6H2,1-4H3,(H,12,13);1H3. The lowest BCUT2D eigenvalue weighted by molar-refractivity contribution is -0.132. The van der Waals surface area contributed by atoms with Gasteiger partial charge in [-0.3, -0.25) is 4.90 Å². The first-order valence-corrected chi connectivity index (χ1v) is 5.82. The van der Waals surface area contributed by atoms with Gasteiger partial charge in [0, 0.05) is 18.0 Å². The molecule has 1 atom stereocenters. The van der Waals surface area contributed by atoms with Crippen LogP contribution in [0, 0.1) is 0 Å². The molecule has 0 fully saturated rings. The number of carboxylic acids is 1. The highest BCUT2D eigenvalue weighted by atomic mass is 35.5. The van der Waals surface area contributed by atoms with Gasteiger partial charge in [-0.25, -0.2) is 4.79 Å². The van der Waals surface area contributed by atoms with Crippen LogP contribution in [0.25, 0.3) is 0 Å². The average Bonchev–Trinajstić information content (AvgIpc) is 2.22. The van der Waals surface area contributed by atoms with E-state index >= 15 is 0 Å². The van der Waals surface area contributed by atoms with Crippen LogP contribution in [0.4, 0.5) is 0 Å². The molecule has 0 saturated heterocycles. The van der Waals surface area contributed by atoms with Crippen molar-refractivity contribution in [1.29, 1.82) is 0 Å². The number of halogens is 1. The third kappa shape index (κ3) is 7.40. The highest BCUT2D eigenvalue weighted by Crippen LogP contribution is 2.03. The Morgan fingerprint density at radius 3 is 2.07 bits per heavy atom. The number of hydrogen-bond donors (Lipinski definition) is 1. The number of hydrogen-bond acceptors (Lipinski definition) is 2. The minimum atomic E-state index is -0.834. The van der Waals surface area contributed by atoms with E-state index in [0.717, 1.165) is 13.1 Å². The number of aliphatic carboxylic acids is 1. The monoisotopic (exact) mass is 235 g/mol. The Labute approximate surface area is 97.7 Å². The second-order valence-corrected chi connectivity index (χ2v) is 3.12. The maximum Gasteiger partial charge on any atom is 0.331 e. The molecule has 0 saturated carbocycles. The first-order valence-electron chi connectivity index (χ1n) is 5.06. The van der Waals surface area contributed by atoms with Gasteiger partial charge in [0.1, 0.15) is 0 Å². The van der Waals surface area contributed by atoms with Crippen LogP contribution in [0.15, 0.2) is 11.6 Å². The topological polar surface area (TPSA) is 40.5 Å². The first-order chi connectivity index (χ1) is 7.02. The predicted octanol–water partition coefficient (Wildman–Crippen LogP) is 2.60.